The van der Waals surface area contributed by atoms with Gasteiger partial charge in [-0.15, -0.1) is 11.3 Å². The minimum atomic E-state index is -0.184. The molecule has 0 radical (unpaired) electrons. The van der Waals surface area contributed by atoms with Crippen LogP contribution in [0.5, 0.6) is 5.75 Å². The van der Waals surface area contributed by atoms with Gasteiger partial charge in [0.25, 0.3) is 0 Å². The molecule has 0 amide bonds. The fourth-order valence-electron chi connectivity index (χ4n) is 4.17. The quantitative estimate of drug-likeness (QED) is 0.504. The smallest absolute Gasteiger partial charge is 0.226 e. The first-order valence-corrected chi connectivity index (χ1v) is 10.4. The molecule has 0 fully saturated rings. The molecule has 2 aromatic carbocycles. The number of rotatable bonds is 2. The number of nitrogens with zero attached hydrogens (tertiary/aromatic N) is 3. The Kier molecular flexibility index (Phi) is 3.61. The molecule has 0 saturated carbocycles. The summed E-state index contributed by atoms with van der Waals surface area (Å²) in [6.45, 7) is 2.10. The molecule has 1 N–H and O–H groups in total. The van der Waals surface area contributed by atoms with Crippen molar-refractivity contribution in [2.24, 2.45) is 0 Å². The van der Waals surface area contributed by atoms with Gasteiger partial charge in [0.05, 0.1) is 5.70 Å². The van der Waals surface area contributed by atoms with Gasteiger partial charge in [-0.3, -0.25) is 0 Å². The SMILES string of the molecule is Cc1ccc([C@@H]2C3=C(Nc4ncnn42)c2ccccc2O[C@H]3c2cccs2)cc1. The van der Waals surface area contributed by atoms with Crippen molar-refractivity contribution in [3.63, 3.8) is 0 Å². The van der Waals surface area contributed by atoms with E-state index in [-0.39, 0.29) is 12.1 Å². The third-order valence-corrected chi connectivity index (χ3v) is 6.43. The van der Waals surface area contributed by atoms with Crippen LogP contribution in [0.3, 0.4) is 0 Å². The summed E-state index contributed by atoms with van der Waals surface area (Å²) in [5.41, 5.74) is 5.68. The Hall–Kier alpha value is -3.38. The Labute approximate surface area is 172 Å². The predicted octanol–water partition coefficient (Wildman–Crippen LogP) is 5.21. The number of nitrogens with one attached hydrogen (secondary N) is 1. The second kappa shape index (κ2) is 6.32. The number of aromatic nitrogens is 3. The van der Waals surface area contributed by atoms with Crippen LogP contribution < -0.4 is 10.1 Å². The van der Waals surface area contributed by atoms with E-state index in [2.05, 4.69) is 70.2 Å². The highest BCUT2D eigenvalue weighted by molar-refractivity contribution is 7.10. The maximum atomic E-state index is 6.56. The van der Waals surface area contributed by atoms with Gasteiger partial charge in [-0.25, -0.2) is 4.68 Å². The van der Waals surface area contributed by atoms with Gasteiger partial charge in [-0.2, -0.15) is 10.1 Å². The number of hydrogen-bond acceptors (Lipinski definition) is 5. The normalized spacial score (nSPS) is 19.6. The maximum Gasteiger partial charge on any atom is 0.226 e. The van der Waals surface area contributed by atoms with E-state index < -0.39 is 0 Å². The number of benzene rings is 2. The Morgan fingerprint density at radius 3 is 2.72 bits per heavy atom. The van der Waals surface area contributed by atoms with Crippen molar-refractivity contribution in [1.82, 2.24) is 14.8 Å². The molecule has 2 atom stereocenters. The van der Waals surface area contributed by atoms with Crippen molar-refractivity contribution in [2.45, 2.75) is 19.1 Å². The monoisotopic (exact) mass is 398 g/mol. The lowest BCUT2D eigenvalue weighted by Gasteiger charge is -2.38. The summed E-state index contributed by atoms with van der Waals surface area (Å²) in [5, 5.41) is 10.2. The van der Waals surface area contributed by atoms with E-state index in [1.54, 1.807) is 17.7 Å². The van der Waals surface area contributed by atoms with E-state index in [9.17, 15) is 0 Å². The summed E-state index contributed by atoms with van der Waals surface area (Å²) in [5.74, 6) is 1.63. The van der Waals surface area contributed by atoms with E-state index in [4.69, 9.17) is 4.74 Å². The molecule has 2 aliphatic rings. The second-order valence-electron chi connectivity index (χ2n) is 7.31. The van der Waals surface area contributed by atoms with Crippen molar-refractivity contribution >= 4 is 23.0 Å². The minimum Gasteiger partial charge on any atom is -0.480 e. The molecular formula is C23H18N4OS. The molecule has 0 aliphatic carbocycles. The molecule has 4 aromatic rings. The number of thiophene rings is 1. The van der Waals surface area contributed by atoms with Crippen LogP contribution in [-0.4, -0.2) is 14.8 Å². The van der Waals surface area contributed by atoms with Gasteiger partial charge < -0.3 is 10.1 Å². The van der Waals surface area contributed by atoms with Crippen molar-refractivity contribution in [2.75, 3.05) is 5.32 Å². The number of ether oxygens (including phenoxy) is 1. The van der Waals surface area contributed by atoms with Gasteiger partial charge in [-0.1, -0.05) is 48.0 Å². The average Bonchev–Trinajstić information content (AvgIpc) is 3.44. The summed E-state index contributed by atoms with van der Waals surface area (Å²) in [6, 6.07) is 20.9. The lowest BCUT2D eigenvalue weighted by molar-refractivity contribution is 0.226. The van der Waals surface area contributed by atoms with Crippen LogP contribution in [0, 0.1) is 6.92 Å². The van der Waals surface area contributed by atoms with Crippen molar-refractivity contribution in [3.8, 4) is 5.75 Å². The fourth-order valence-corrected chi connectivity index (χ4v) is 4.94. The van der Waals surface area contributed by atoms with E-state index in [1.165, 1.54) is 16.0 Å². The van der Waals surface area contributed by atoms with Crippen LogP contribution in [-0.2, 0) is 0 Å². The standard InChI is InChI=1S/C23H18N4OS/c1-14-8-10-15(11-9-14)21-19-20(26-23-24-13-25-27(21)23)16-5-2-3-6-17(16)28-22(19)18-7-4-12-29-18/h2-13,21-22H,1H3,(H,24,25,26)/t21-,22+/m1/s1. The Bertz CT molecular complexity index is 1220. The molecule has 142 valence electrons. The van der Waals surface area contributed by atoms with Crippen LogP contribution in [0.2, 0.25) is 0 Å². The zero-order valence-electron chi connectivity index (χ0n) is 15.7. The molecule has 0 saturated heterocycles. The highest BCUT2D eigenvalue weighted by Crippen LogP contribution is 2.51. The van der Waals surface area contributed by atoms with E-state index in [1.807, 2.05) is 22.9 Å². The Morgan fingerprint density at radius 1 is 1.03 bits per heavy atom. The zero-order valence-corrected chi connectivity index (χ0v) is 16.6. The van der Waals surface area contributed by atoms with Gasteiger partial charge >= 0.3 is 0 Å². The fraction of sp³-hybridized carbons (Fsp3) is 0.130. The van der Waals surface area contributed by atoms with E-state index in [0.29, 0.717) is 0 Å². The second-order valence-corrected chi connectivity index (χ2v) is 8.29. The summed E-state index contributed by atoms with van der Waals surface area (Å²) in [6.07, 6.45) is 1.42. The number of aryl methyl sites for hydroxylation is 1. The molecule has 0 spiro atoms. The van der Waals surface area contributed by atoms with Crippen LogP contribution in [0.4, 0.5) is 5.95 Å². The number of hydrogen-bond donors (Lipinski definition) is 1. The first kappa shape index (κ1) is 16.6. The lowest BCUT2D eigenvalue weighted by atomic mass is 9.86. The van der Waals surface area contributed by atoms with Gasteiger partial charge in [-0.05, 0) is 36.1 Å². The molecule has 29 heavy (non-hydrogen) atoms. The summed E-state index contributed by atoms with van der Waals surface area (Å²) < 4.78 is 8.52. The van der Waals surface area contributed by atoms with E-state index >= 15 is 0 Å². The highest BCUT2D eigenvalue weighted by atomic mass is 32.1. The maximum absolute atomic E-state index is 6.56. The minimum absolute atomic E-state index is 0.0928. The molecule has 0 bridgehead atoms. The summed E-state index contributed by atoms with van der Waals surface area (Å²) >= 11 is 1.71. The van der Waals surface area contributed by atoms with Crippen molar-refractivity contribution in [3.05, 3.63) is 99.5 Å². The zero-order chi connectivity index (χ0) is 19.4. The van der Waals surface area contributed by atoms with Crippen molar-refractivity contribution < 1.29 is 4.74 Å². The van der Waals surface area contributed by atoms with Crippen LogP contribution >= 0.6 is 11.3 Å². The van der Waals surface area contributed by atoms with Crippen LogP contribution in [0.1, 0.15) is 33.7 Å². The lowest BCUT2D eigenvalue weighted by Crippen LogP contribution is -2.32. The Balaban J connectivity index is 1.64. The summed E-state index contributed by atoms with van der Waals surface area (Å²) in [4.78, 5) is 5.65. The molecule has 0 unspecified atom stereocenters. The van der Waals surface area contributed by atoms with Crippen LogP contribution in [0.15, 0.2) is 77.9 Å². The molecule has 6 rings (SSSR count). The van der Waals surface area contributed by atoms with Gasteiger partial charge in [0, 0.05) is 16.0 Å². The number of anilines is 1. The summed E-state index contributed by atoms with van der Waals surface area (Å²) in [7, 11) is 0. The molecule has 2 aliphatic heterocycles. The van der Waals surface area contributed by atoms with Gasteiger partial charge in [0.2, 0.25) is 5.95 Å². The average molecular weight is 398 g/mol. The molecule has 6 heteroatoms. The predicted molar refractivity (Wildman–Crippen MR) is 114 cm³/mol. The number of fused-ring (bicyclic) bond motifs is 3. The molecule has 2 aromatic heterocycles. The Morgan fingerprint density at radius 2 is 1.90 bits per heavy atom. The van der Waals surface area contributed by atoms with Gasteiger partial charge in [0.1, 0.15) is 18.1 Å². The van der Waals surface area contributed by atoms with Crippen LogP contribution in [0.25, 0.3) is 5.70 Å². The van der Waals surface area contributed by atoms with Gasteiger partial charge in [0.15, 0.2) is 6.10 Å². The molecular weight excluding hydrogens is 380 g/mol. The van der Waals surface area contributed by atoms with E-state index in [0.717, 1.165) is 28.5 Å². The first-order valence-electron chi connectivity index (χ1n) is 9.56. The third-order valence-electron chi connectivity index (χ3n) is 5.52. The highest BCUT2D eigenvalue weighted by Gasteiger charge is 2.41. The number of para-hydroxylation sites is 1. The molecule has 5 nitrogen and oxygen atoms in total. The first-order chi connectivity index (χ1) is 14.3. The topological polar surface area (TPSA) is 52.0 Å². The van der Waals surface area contributed by atoms with Crippen molar-refractivity contribution in [1.29, 1.82) is 0 Å². The largest absolute Gasteiger partial charge is 0.480 e. The molecule has 4 heterocycles. The third kappa shape index (κ3) is 2.53.